The third kappa shape index (κ3) is 4.66. The van der Waals surface area contributed by atoms with E-state index < -0.39 is 0 Å². The Kier molecular flexibility index (Phi) is 5.93. The summed E-state index contributed by atoms with van der Waals surface area (Å²) in [6.07, 6.45) is 0.888. The normalized spacial score (nSPS) is 10.2. The van der Waals surface area contributed by atoms with Crippen LogP contribution >= 0.6 is 15.9 Å². The van der Waals surface area contributed by atoms with Crippen LogP contribution in [0.25, 0.3) is 0 Å². The van der Waals surface area contributed by atoms with Crippen LogP contribution in [0.1, 0.15) is 39.6 Å². The van der Waals surface area contributed by atoms with Crippen LogP contribution in [0.5, 0.6) is 0 Å². The summed E-state index contributed by atoms with van der Waals surface area (Å²) >= 11 is 3.40. The Bertz CT molecular complexity index is 711. The van der Waals surface area contributed by atoms with Gasteiger partial charge in [-0.05, 0) is 61.4 Å². The maximum absolute atomic E-state index is 12.3. The summed E-state index contributed by atoms with van der Waals surface area (Å²) in [7, 11) is 0. The summed E-state index contributed by atoms with van der Waals surface area (Å²) in [5.41, 5.74) is 2.81. The molecule has 2 N–H and O–H groups in total. The first-order valence-electron chi connectivity index (χ1n) is 7.47. The molecule has 0 aliphatic rings. The molecular formula is C18H19BrN2O2. The second kappa shape index (κ2) is 7.92. The molecule has 0 aromatic heterocycles. The molecule has 0 heterocycles. The first-order chi connectivity index (χ1) is 11.0. The molecule has 0 atom stereocenters. The van der Waals surface area contributed by atoms with Gasteiger partial charge in [-0.25, -0.2) is 0 Å². The summed E-state index contributed by atoms with van der Waals surface area (Å²) in [6.45, 7) is 4.57. The molecule has 4 nitrogen and oxygen atoms in total. The van der Waals surface area contributed by atoms with Gasteiger partial charge in [0.25, 0.3) is 11.8 Å². The molecule has 0 unspecified atom stereocenters. The second-order valence-electron chi connectivity index (χ2n) is 5.25. The third-order valence-corrected chi connectivity index (χ3v) is 3.87. The lowest BCUT2D eigenvalue weighted by Crippen LogP contribution is -2.24. The molecule has 0 spiro atoms. The number of hydrogen-bond acceptors (Lipinski definition) is 2. The van der Waals surface area contributed by atoms with E-state index in [1.165, 1.54) is 0 Å². The first kappa shape index (κ1) is 17.2. The van der Waals surface area contributed by atoms with Crippen LogP contribution in [0.2, 0.25) is 0 Å². The van der Waals surface area contributed by atoms with Crippen molar-refractivity contribution in [2.24, 2.45) is 0 Å². The summed E-state index contributed by atoms with van der Waals surface area (Å²) in [5.74, 6) is -0.321. The van der Waals surface area contributed by atoms with Gasteiger partial charge in [-0.15, -0.1) is 0 Å². The molecule has 23 heavy (non-hydrogen) atoms. The summed E-state index contributed by atoms with van der Waals surface area (Å²) in [6, 6.07) is 12.3. The highest BCUT2D eigenvalue weighted by Crippen LogP contribution is 2.20. The van der Waals surface area contributed by atoms with Crippen molar-refractivity contribution < 1.29 is 9.59 Å². The van der Waals surface area contributed by atoms with Crippen LogP contribution in [0.3, 0.4) is 0 Å². The summed E-state index contributed by atoms with van der Waals surface area (Å²) < 4.78 is 0.968. The molecule has 2 aromatic carbocycles. The molecule has 0 radical (unpaired) electrons. The van der Waals surface area contributed by atoms with Gasteiger partial charge in [0.1, 0.15) is 0 Å². The van der Waals surface area contributed by atoms with Crippen molar-refractivity contribution >= 4 is 33.4 Å². The number of anilines is 1. The molecule has 0 saturated heterocycles. The number of hydrogen-bond donors (Lipinski definition) is 2. The van der Waals surface area contributed by atoms with Crippen LogP contribution < -0.4 is 10.6 Å². The topological polar surface area (TPSA) is 58.2 Å². The van der Waals surface area contributed by atoms with Crippen LogP contribution in [-0.4, -0.2) is 18.4 Å². The zero-order valence-corrected chi connectivity index (χ0v) is 14.7. The first-order valence-corrected chi connectivity index (χ1v) is 8.26. The van der Waals surface area contributed by atoms with E-state index in [1.54, 1.807) is 24.3 Å². The largest absolute Gasteiger partial charge is 0.352 e. The summed E-state index contributed by atoms with van der Waals surface area (Å²) in [5, 5.41) is 5.68. The van der Waals surface area contributed by atoms with E-state index in [4.69, 9.17) is 0 Å². The zero-order valence-electron chi connectivity index (χ0n) is 13.2. The van der Waals surface area contributed by atoms with Gasteiger partial charge in [-0.2, -0.15) is 0 Å². The van der Waals surface area contributed by atoms with Crippen molar-refractivity contribution in [3.8, 4) is 0 Å². The average Bonchev–Trinajstić information content (AvgIpc) is 2.55. The lowest BCUT2D eigenvalue weighted by molar-refractivity contribution is 0.0951. The minimum atomic E-state index is -0.198. The summed E-state index contributed by atoms with van der Waals surface area (Å²) in [4.78, 5) is 24.1. The molecule has 0 saturated carbocycles. The maximum Gasteiger partial charge on any atom is 0.255 e. The highest BCUT2D eigenvalue weighted by molar-refractivity contribution is 9.10. The SMILES string of the molecule is CCCNC(=O)c1ccc(C(=O)Nc2ccc(Br)cc2C)cc1. The molecule has 2 rings (SSSR count). The Labute approximate surface area is 144 Å². The van der Waals surface area contributed by atoms with E-state index in [2.05, 4.69) is 26.6 Å². The Morgan fingerprint density at radius 2 is 1.61 bits per heavy atom. The van der Waals surface area contributed by atoms with Crippen LogP contribution in [0.15, 0.2) is 46.9 Å². The number of carbonyl (C=O) groups is 2. The molecule has 0 fully saturated rings. The van der Waals surface area contributed by atoms with E-state index in [0.717, 1.165) is 22.1 Å². The van der Waals surface area contributed by atoms with Gasteiger partial charge in [0.15, 0.2) is 0 Å². The Balaban J connectivity index is 2.06. The molecule has 2 amide bonds. The van der Waals surface area contributed by atoms with Crippen LogP contribution in [0.4, 0.5) is 5.69 Å². The average molecular weight is 375 g/mol. The van der Waals surface area contributed by atoms with E-state index >= 15 is 0 Å². The number of amides is 2. The van der Waals surface area contributed by atoms with Crippen LogP contribution in [-0.2, 0) is 0 Å². The number of halogens is 1. The van der Waals surface area contributed by atoms with Crippen molar-refractivity contribution in [2.75, 3.05) is 11.9 Å². The van der Waals surface area contributed by atoms with Gasteiger partial charge in [0.05, 0.1) is 0 Å². The Morgan fingerprint density at radius 3 is 2.17 bits per heavy atom. The van der Waals surface area contributed by atoms with Crippen molar-refractivity contribution in [1.82, 2.24) is 5.32 Å². The van der Waals surface area contributed by atoms with Crippen molar-refractivity contribution in [3.05, 3.63) is 63.6 Å². The fourth-order valence-electron chi connectivity index (χ4n) is 2.08. The number of aryl methyl sites for hydroxylation is 1. The van der Waals surface area contributed by atoms with Gasteiger partial charge in [0.2, 0.25) is 0 Å². The third-order valence-electron chi connectivity index (χ3n) is 3.38. The van der Waals surface area contributed by atoms with Crippen molar-refractivity contribution in [3.63, 3.8) is 0 Å². The molecule has 2 aromatic rings. The van der Waals surface area contributed by atoms with Crippen molar-refractivity contribution in [1.29, 1.82) is 0 Å². The van der Waals surface area contributed by atoms with E-state index in [1.807, 2.05) is 32.0 Å². The molecule has 5 heteroatoms. The molecular weight excluding hydrogens is 356 g/mol. The van der Waals surface area contributed by atoms with Gasteiger partial charge in [-0.1, -0.05) is 22.9 Å². The van der Waals surface area contributed by atoms with Gasteiger partial charge in [-0.3, -0.25) is 9.59 Å². The second-order valence-corrected chi connectivity index (χ2v) is 6.16. The minimum Gasteiger partial charge on any atom is -0.352 e. The zero-order chi connectivity index (χ0) is 16.8. The monoisotopic (exact) mass is 374 g/mol. The van der Waals surface area contributed by atoms with E-state index in [0.29, 0.717) is 17.7 Å². The van der Waals surface area contributed by atoms with Gasteiger partial charge >= 0.3 is 0 Å². The fraction of sp³-hybridized carbons (Fsp3) is 0.222. The lowest BCUT2D eigenvalue weighted by Gasteiger charge is -2.09. The van der Waals surface area contributed by atoms with Gasteiger partial charge < -0.3 is 10.6 Å². The molecule has 0 bridgehead atoms. The lowest BCUT2D eigenvalue weighted by atomic mass is 10.1. The maximum atomic E-state index is 12.3. The highest BCUT2D eigenvalue weighted by Gasteiger charge is 2.10. The number of rotatable bonds is 5. The predicted octanol–water partition coefficient (Wildman–Crippen LogP) is 4.15. The number of benzene rings is 2. The Morgan fingerprint density at radius 1 is 1.00 bits per heavy atom. The van der Waals surface area contributed by atoms with Crippen molar-refractivity contribution in [2.45, 2.75) is 20.3 Å². The predicted molar refractivity (Wildman–Crippen MR) is 95.9 cm³/mol. The standard InChI is InChI=1S/C18H19BrN2O2/c1-3-10-20-17(22)13-4-6-14(7-5-13)18(23)21-16-9-8-15(19)11-12(16)2/h4-9,11H,3,10H2,1-2H3,(H,20,22)(H,21,23). The number of nitrogens with one attached hydrogen (secondary N) is 2. The smallest absolute Gasteiger partial charge is 0.255 e. The molecule has 0 aliphatic heterocycles. The van der Waals surface area contributed by atoms with Crippen LogP contribution in [0, 0.1) is 6.92 Å². The quantitative estimate of drug-likeness (QED) is 0.825. The number of carbonyl (C=O) groups excluding carboxylic acids is 2. The van der Waals surface area contributed by atoms with E-state index in [-0.39, 0.29) is 11.8 Å². The Hall–Kier alpha value is -2.14. The fourth-order valence-corrected chi connectivity index (χ4v) is 2.55. The molecule has 120 valence electrons. The minimum absolute atomic E-state index is 0.123. The van der Waals surface area contributed by atoms with Gasteiger partial charge in [0, 0.05) is 27.8 Å². The molecule has 0 aliphatic carbocycles. The van der Waals surface area contributed by atoms with E-state index in [9.17, 15) is 9.59 Å². The highest BCUT2D eigenvalue weighted by atomic mass is 79.9.